The van der Waals surface area contributed by atoms with Crippen molar-refractivity contribution < 1.29 is 36.6 Å². The summed E-state index contributed by atoms with van der Waals surface area (Å²) in [5.74, 6) is -1.41. The van der Waals surface area contributed by atoms with Gasteiger partial charge in [-0.1, -0.05) is 36.4 Å². The van der Waals surface area contributed by atoms with Crippen molar-refractivity contribution in [1.82, 2.24) is 10.0 Å². The number of fused-ring (bicyclic) bond motifs is 1. The molecule has 3 aromatic carbocycles. The van der Waals surface area contributed by atoms with Crippen molar-refractivity contribution in [2.45, 2.75) is 33.0 Å². The summed E-state index contributed by atoms with van der Waals surface area (Å²) in [5, 5.41) is 3.07. The van der Waals surface area contributed by atoms with Crippen molar-refractivity contribution >= 4 is 38.7 Å². The highest BCUT2D eigenvalue weighted by Gasteiger charge is 2.38. The Bertz CT molecular complexity index is 1460. The Hall–Kier alpha value is -4.06. The van der Waals surface area contributed by atoms with Gasteiger partial charge in [-0.25, -0.2) is 18.2 Å². The molecule has 4 rings (SSSR count). The first-order chi connectivity index (χ1) is 17.9. The topological polar surface area (TPSA) is 123 Å². The van der Waals surface area contributed by atoms with Gasteiger partial charge in [-0.05, 0) is 49.9 Å². The first-order valence-corrected chi connectivity index (χ1v) is 13.2. The third kappa shape index (κ3) is 6.43. The summed E-state index contributed by atoms with van der Waals surface area (Å²) >= 11 is 0. The Morgan fingerprint density at radius 3 is 2.50 bits per heavy atom. The van der Waals surface area contributed by atoms with Gasteiger partial charge in [0.1, 0.15) is 42.5 Å². The van der Waals surface area contributed by atoms with E-state index < -0.39 is 40.2 Å². The number of alkyl carbamates (subject to hydrolysis) is 1. The predicted octanol–water partition coefficient (Wildman–Crippen LogP) is 3.64. The van der Waals surface area contributed by atoms with Crippen LogP contribution in [-0.2, 0) is 26.3 Å². The number of amides is 2. The number of nitrogens with zero attached hydrogens (tertiary/aromatic N) is 1. The lowest BCUT2D eigenvalue weighted by molar-refractivity contribution is -0.117. The Morgan fingerprint density at radius 2 is 1.84 bits per heavy atom. The number of anilines is 1. The minimum atomic E-state index is -4.30. The van der Waals surface area contributed by atoms with Crippen molar-refractivity contribution in [3.05, 3.63) is 66.0 Å². The molecule has 38 heavy (non-hydrogen) atoms. The zero-order valence-corrected chi connectivity index (χ0v) is 21.9. The molecule has 0 unspecified atom stereocenters. The molecule has 202 valence electrons. The van der Waals surface area contributed by atoms with Crippen LogP contribution in [0.25, 0.3) is 10.8 Å². The van der Waals surface area contributed by atoms with E-state index in [1.54, 1.807) is 32.9 Å². The van der Waals surface area contributed by atoms with Crippen LogP contribution >= 0.6 is 0 Å². The van der Waals surface area contributed by atoms with Gasteiger partial charge in [-0.3, -0.25) is 4.79 Å². The average molecular weight is 546 g/mol. The molecule has 0 aliphatic carbocycles. The van der Waals surface area contributed by atoms with Crippen molar-refractivity contribution in [1.29, 1.82) is 0 Å². The molecule has 10 nitrogen and oxygen atoms in total. The maximum absolute atomic E-state index is 16.0. The van der Waals surface area contributed by atoms with Crippen LogP contribution in [0.2, 0.25) is 0 Å². The molecule has 1 heterocycles. The molecule has 0 aromatic heterocycles. The maximum atomic E-state index is 16.0. The Kier molecular flexibility index (Phi) is 7.63. The summed E-state index contributed by atoms with van der Waals surface area (Å²) in [6.07, 6.45) is -0.590. The number of carbonyl (C=O) groups is 2. The number of hydrogen-bond acceptors (Lipinski definition) is 7. The second-order valence-corrected chi connectivity index (χ2v) is 11.1. The van der Waals surface area contributed by atoms with E-state index in [-0.39, 0.29) is 36.6 Å². The standard InChI is InChI=1S/C26H28FN3O7S/c1-26(2,3)37-25(32)28-11-12-35-19-10-9-18-13-21(36-16-17-7-5-4-6-8-17)24(23(27)20(18)14-19)30-15-22(31)29-38(30,33)34/h4-10,13-14H,11-12,15-16H2,1-3H3,(H,28,32)(H,29,31). The highest BCUT2D eigenvalue weighted by molar-refractivity contribution is 7.92. The van der Waals surface area contributed by atoms with Crippen LogP contribution in [-0.4, -0.2) is 45.7 Å². The number of benzene rings is 3. The molecule has 1 aliphatic rings. The minimum Gasteiger partial charge on any atom is -0.492 e. The Balaban J connectivity index is 1.60. The van der Waals surface area contributed by atoms with Gasteiger partial charge in [-0.2, -0.15) is 8.42 Å². The molecule has 12 heteroatoms. The molecule has 1 fully saturated rings. The monoisotopic (exact) mass is 545 g/mol. The normalized spacial score (nSPS) is 14.7. The van der Waals surface area contributed by atoms with Gasteiger partial charge in [0.2, 0.25) is 0 Å². The summed E-state index contributed by atoms with van der Waals surface area (Å²) in [6, 6.07) is 15.3. The smallest absolute Gasteiger partial charge is 0.407 e. The number of carbonyl (C=O) groups excluding carboxylic acids is 2. The Morgan fingerprint density at radius 1 is 1.11 bits per heavy atom. The SMILES string of the molecule is CC(C)(C)OC(=O)NCCOc1ccc2cc(OCc3ccccc3)c(N3CC(=O)NS3(=O)=O)c(F)c2c1. The van der Waals surface area contributed by atoms with Crippen LogP contribution in [0.15, 0.2) is 54.6 Å². The number of ether oxygens (including phenoxy) is 3. The van der Waals surface area contributed by atoms with Crippen molar-refractivity contribution in [2.75, 3.05) is 24.0 Å². The van der Waals surface area contributed by atoms with Crippen molar-refractivity contribution in [3.8, 4) is 11.5 Å². The van der Waals surface area contributed by atoms with Crippen LogP contribution in [0.1, 0.15) is 26.3 Å². The third-order valence-corrected chi connectivity index (χ3v) is 6.71. The van der Waals surface area contributed by atoms with Crippen molar-refractivity contribution in [2.24, 2.45) is 0 Å². The van der Waals surface area contributed by atoms with Gasteiger partial charge in [0, 0.05) is 5.39 Å². The van der Waals surface area contributed by atoms with E-state index >= 15 is 4.39 Å². The molecule has 1 aliphatic heterocycles. The first kappa shape index (κ1) is 27.0. The van der Waals surface area contributed by atoms with Crippen LogP contribution in [0.3, 0.4) is 0 Å². The fraction of sp³-hybridized carbons (Fsp3) is 0.308. The highest BCUT2D eigenvalue weighted by Crippen LogP contribution is 2.40. The third-order valence-electron chi connectivity index (χ3n) is 5.33. The summed E-state index contributed by atoms with van der Waals surface area (Å²) in [5.41, 5.74) is -0.220. The second kappa shape index (κ2) is 10.7. The highest BCUT2D eigenvalue weighted by atomic mass is 32.2. The molecular weight excluding hydrogens is 517 g/mol. The van der Waals surface area contributed by atoms with Crippen LogP contribution in [0.5, 0.6) is 11.5 Å². The van der Waals surface area contributed by atoms with E-state index in [1.165, 1.54) is 12.1 Å². The molecule has 2 amide bonds. The number of nitrogens with one attached hydrogen (secondary N) is 2. The second-order valence-electron chi connectivity index (χ2n) is 9.51. The van der Waals surface area contributed by atoms with Gasteiger partial charge in [-0.15, -0.1) is 0 Å². The molecule has 0 atom stereocenters. The lowest BCUT2D eigenvalue weighted by atomic mass is 10.1. The quantitative estimate of drug-likeness (QED) is 0.414. The molecule has 0 spiro atoms. The van der Waals surface area contributed by atoms with E-state index in [1.807, 2.05) is 35.1 Å². The molecule has 0 bridgehead atoms. The molecule has 1 saturated heterocycles. The number of halogens is 1. The van der Waals surface area contributed by atoms with Gasteiger partial charge < -0.3 is 19.5 Å². The lowest BCUT2D eigenvalue weighted by Gasteiger charge is -2.21. The molecule has 0 saturated carbocycles. The summed E-state index contributed by atoms with van der Waals surface area (Å²) < 4.78 is 60.3. The average Bonchev–Trinajstić information content (AvgIpc) is 3.11. The predicted molar refractivity (Wildman–Crippen MR) is 139 cm³/mol. The first-order valence-electron chi connectivity index (χ1n) is 11.8. The van der Waals surface area contributed by atoms with Crippen molar-refractivity contribution in [3.63, 3.8) is 0 Å². The fourth-order valence-corrected chi connectivity index (χ4v) is 4.91. The van der Waals surface area contributed by atoms with Gasteiger partial charge in [0.15, 0.2) is 5.82 Å². The van der Waals surface area contributed by atoms with Crippen LogP contribution < -0.4 is 23.8 Å². The minimum absolute atomic E-state index is 0.0332. The van der Waals surface area contributed by atoms with E-state index in [4.69, 9.17) is 14.2 Å². The van der Waals surface area contributed by atoms with Crippen LogP contribution in [0.4, 0.5) is 14.9 Å². The Labute approximate surface area is 219 Å². The van der Waals surface area contributed by atoms with Crippen LogP contribution in [0, 0.1) is 5.82 Å². The number of hydrogen-bond donors (Lipinski definition) is 2. The summed E-state index contributed by atoms with van der Waals surface area (Å²) in [4.78, 5) is 23.7. The lowest BCUT2D eigenvalue weighted by Crippen LogP contribution is -2.34. The molecule has 0 radical (unpaired) electrons. The van der Waals surface area contributed by atoms with Gasteiger partial charge in [0.25, 0.3) is 5.91 Å². The van der Waals surface area contributed by atoms with Gasteiger partial charge in [0.05, 0.1) is 6.54 Å². The molecule has 3 aromatic rings. The summed E-state index contributed by atoms with van der Waals surface area (Å²) in [6.45, 7) is 4.94. The molecule has 2 N–H and O–H groups in total. The fourth-order valence-electron chi connectivity index (χ4n) is 3.75. The zero-order valence-electron chi connectivity index (χ0n) is 21.1. The summed E-state index contributed by atoms with van der Waals surface area (Å²) in [7, 11) is -4.30. The number of rotatable bonds is 8. The van der Waals surface area contributed by atoms with Gasteiger partial charge >= 0.3 is 16.3 Å². The van der Waals surface area contributed by atoms with E-state index in [0.717, 1.165) is 5.56 Å². The van der Waals surface area contributed by atoms with E-state index in [0.29, 0.717) is 15.4 Å². The molecular formula is C26H28FN3O7S. The van der Waals surface area contributed by atoms with E-state index in [9.17, 15) is 18.0 Å². The zero-order chi connectivity index (χ0) is 27.5. The maximum Gasteiger partial charge on any atom is 0.407 e. The largest absolute Gasteiger partial charge is 0.492 e. The van der Waals surface area contributed by atoms with E-state index in [2.05, 4.69) is 5.32 Å².